The topological polar surface area (TPSA) is 63.8 Å². The fourth-order valence-corrected chi connectivity index (χ4v) is 2.40. The molecule has 0 radical (unpaired) electrons. The number of aromatic nitrogens is 2. The van der Waals surface area contributed by atoms with Crippen LogP contribution >= 0.6 is 11.5 Å². The maximum absolute atomic E-state index is 5.69. The molecule has 1 heterocycles. The van der Waals surface area contributed by atoms with E-state index in [1.807, 2.05) is 0 Å². The second-order valence-corrected chi connectivity index (χ2v) is 4.24. The Morgan fingerprint density at radius 2 is 2.54 bits per heavy atom. The van der Waals surface area contributed by atoms with Crippen LogP contribution in [0.1, 0.15) is 19.3 Å². The molecule has 13 heavy (non-hydrogen) atoms. The Hall–Kier alpha value is -0.680. The molecule has 1 saturated carbocycles. The highest BCUT2D eigenvalue weighted by molar-refractivity contribution is 7.09. The minimum Gasteiger partial charge on any atom is -0.371 e. The lowest BCUT2D eigenvalue weighted by molar-refractivity contribution is 0.517. The molecule has 1 aromatic heterocycles. The summed E-state index contributed by atoms with van der Waals surface area (Å²) in [6, 6.07) is 0.534. The fourth-order valence-electron chi connectivity index (χ4n) is 1.92. The molecule has 2 rings (SSSR count). The van der Waals surface area contributed by atoms with Crippen LogP contribution < -0.4 is 11.1 Å². The van der Waals surface area contributed by atoms with E-state index >= 15 is 0 Å². The van der Waals surface area contributed by atoms with Crippen LogP contribution in [0, 0.1) is 5.92 Å². The van der Waals surface area contributed by atoms with E-state index in [1.165, 1.54) is 30.8 Å². The van der Waals surface area contributed by atoms with Gasteiger partial charge < -0.3 is 11.1 Å². The zero-order valence-electron chi connectivity index (χ0n) is 7.44. The molecule has 0 bridgehead atoms. The smallest absolute Gasteiger partial charge is 0.130 e. The summed E-state index contributed by atoms with van der Waals surface area (Å²) in [7, 11) is 0. The molecule has 0 aliphatic heterocycles. The standard InChI is InChI=1S/C8H14N4S/c9-4-6-2-1-3-7(6)11-8-5-10-12-13-8/h5-7,11H,1-4,9H2. The maximum atomic E-state index is 5.69. The fraction of sp³-hybridized carbons (Fsp3) is 0.750. The van der Waals surface area contributed by atoms with Crippen LogP contribution in [-0.2, 0) is 0 Å². The molecule has 0 aromatic carbocycles. The van der Waals surface area contributed by atoms with E-state index in [4.69, 9.17) is 5.73 Å². The highest BCUT2D eigenvalue weighted by Gasteiger charge is 2.25. The summed E-state index contributed by atoms with van der Waals surface area (Å²) in [4.78, 5) is 0. The van der Waals surface area contributed by atoms with Crippen molar-refractivity contribution in [3.63, 3.8) is 0 Å². The van der Waals surface area contributed by atoms with E-state index in [2.05, 4.69) is 14.9 Å². The van der Waals surface area contributed by atoms with Gasteiger partial charge in [0, 0.05) is 17.6 Å². The first kappa shape index (κ1) is 8.90. The van der Waals surface area contributed by atoms with Gasteiger partial charge in [0.2, 0.25) is 0 Å². The highest BCUT2D eigenvalue weighted by atomic mass is 32.1. The van der Waals surface area contributed by atoms with Crippen LogP contribution in [0.25, 0.3) is 0 Å². The van der Waals surface area contributed by atoms with Crippen molar-refractivity contribution in [1.29, 1.82) is 0 Å². The molecule has 0 saturated heterocycles. The van der Waals surface area contributed by atoms with E-state index in [0.717, 1.165) is 11.5 Å². The quantitative estimate of drug-likeness (QED) is 0.762. The van der Waals surface area contributed by atoms with Gasteiger partial charge in [-0.15, -0.1) is 5.10 Å². The first-order chi connectivity index (χ1) is 6.40. The van der Waals surface area contributed by atoms with Gasteiger partial charge in [-0.25, -0.2) is 0 Å². The van der Waals surface area contributed by atoms with Gasteiger partial charge in [0.05, 0.1) is 6.20 Å². The Morgan fingerprint density at radius 1 is 1.62 bits per heavy atom. The van der Waals surface area contributed by atoms with Crippen molar-refractivity contribution in [2.75, 3.05) is 11.9 Å². The van der Waals surface area contributed by atoms with Crippen LogP contribution in [0.4, 0.5) is 5.00 Å². The van der Waals surface area contributed by atoms with Gasteiger partial charge >= 0.3 is 0 Å². The Balaban J connectivity index is 1.94. The van der Waals surface area contributed by atoms with Gasteiger partial charge in [0.25, 0.3) is 0 Å². The van der Waals surface area contributed by atoms with Crippen molar-refractivity contribution in [3.05, 3.63) is 6.20 Å². The SMILES string of the molecule is NCC1CCCC1Nc1cnns1. The molecule has 1 fully saturated rings. The lowest BCUT2D eigenvalue weighted by Crippen LogP contribution is -2.29. The van der Waals surface area contributed by atoms with Crippen molar-refractivity contribution in [1.82, 2.24) is 9.59 Å². The van der Waals surface area contributed by atoms with Crippen molar-refractivity contribution in [2.45, 2.75) is 25.3 Å². The second kappa shape index (κ2) is 4.02. The summed E-state index contributed by atoms with van der Waals surface area (Å²) >= 11 is 1.41. The lowest BCUT2D eigenvalue weighted by atomic mass is 10.0. The summed E-state index contributed by atoms with van der Waals surface area (Å²) in [5.41, 5.74) is 5.69. The summed E-state index contributed by atoms with van der Waals surface area (Å²) in [6.45, 7) is 0.782. The van der Waals surface area contributed by atoms with Gasteiger partial charge in [-0.3, -0.25) is 0 Å². The van der Waals surface area contributed by atoms with Crippen molar-refractivity contribution >= 4 is 16.5 Å². The molecule has 0 amide bonds. The van der Waals surface area contributed by atoms with Crippen LogP contribution in [-0.4, -0.2) is 22.2 Å². The number of nitrogens with two attached hydrogens (primary N) is 1. The van der Waals surface area contributed by atoms with Gasteiger partial charge in [-0.05, 0) is 25.3 Å². The number of hydrogen-bond donors (Lipinski definition) is 2. The number of nitrogens with one attached hydrogen (secondary N) is 1. The highest BCUT2D eigenvalue weighted by Crippen LogP contribution is 2.28. The minimum absolute atomic E-state index is 0.534. The third kappa shape index (κ3) is 1.97. The molecule has 4 nitrogen and oxygen atoms in total. The first-order valence-corrected chi connectivity index (χ1v) is 5.41. The molecule has 0 spiro atoms. The van der Waals surface area contributed by atoms with Crippen LogP contribution in [0.3, 0.4) is 0 Å². The lowest BCUT2D eigenvalue weighted by Gasteiger charge is -2.18. The van der Waals surface area contributed by atoms with Gasteiger partial charge in [-0.2, -0.15) is 0 Å². The summed E-state index contributed by atoms with van der Waals surface area (Å²) in [5, 5.41) is 8.29. The molecular formula is C8H14N4S. The first-order valence-electron chi connectivity index (χ1n) is 4.64. The largest absolute Gasteiger partial charge is 0.371 e. The zero-order valence-corrected chi connectivity index (χ0v) is 8.26. The Kier molecular flexibility index (Phi) is 2.75. The van der Waals surface area contributed by atoms with Crippen molar-refractivity contribution in [3.8, 4) is 0 Å². The van der Waals surface area contributed by atoms with E-state index in [-0.39, 0.29) is 0 Å². The minimum atomic E-state index is 0.534. The molecule has 1 aliphatic carbocycles. The molecular weight excluding hydrogens is 184 g/mol. The summed E-state index contributed by atoms with van der Waals surface area (Å²) in [6.07, 6.45) is 5.53. The van der Waals surface area contributed by atoms with Gasteiger partial charge in [0.15, 0.2) is 0 Å². The third-order valence-corrected chi connectivity index (χ3v) is 3.25. The Bertz CT molecular complexity index is 249. The molecule has 72 valence electrons. The molecule has 1 aliphatic rings. The molecule has 1 aromatic rings. The number of nitrogens with zero attached hydrogens (tertiary/aromatic N) is 2. The molecule has 3 N–H and O–H groups in total. The Labute approximate surface area is 81.7 Å². The summed E-state index contributed by atoms with van der Waals surface area (Å²) < 4.78 is 3.81. The molecule has 2 unspecified atom stereocenters. The average Bonchev–Trinajstić information content (AvgIpc) is 2.76. The normalized spacial score (nSPS) is 27.8. The number of rotatable bonds is 3. The zero-order chi connectivity index (χ0) is 9.10. The van der Waals surface area contributed by atoms with E-state index in [0.29, 0.717) is 12.0 Å². The van der Waals surface area contributed by atoms with Gasteiger partial charge in [-0.1, -0.05) is 10.9 Å². The molecule has 2 atom stereocenters. The monoisotopic (exact) mass is 198 g/mol. The third-order valence-electron chi connectivity index (χ3n) is 2.65. The predicted octanol–water partition coefficient (Wildman–Crippen LogP) is 1.08. The van der Waals surface area contributed by atoms with Crippen LogP contribution in [0.15, 0.2) is 6.20 Å². The maximum Gasteiger partial charge on any atom is 0.130 e. The van der Waals surface area contributed by atoms with Gasteiger partial charge in [0.1, 0.15) is 5.00 Å². The Morgan fingerprint density at radius 3 is 3.23 bits per heavy atom. The van der Waals surface area contributed by atoms with E-state index in [1.54, 1.807) is 6.20 Å². The number of hydrogen-bond acceptors (Lipinski definition) is 5. The van der Waals surface area contributed by atoms with E-state index < -0.39 is 0 Å². The predicted molar refractivity (Wildman–Crippen MR) is 53.7 cm³/mol. The van der Waals surface area contributed by atoms with Crippen molar-refractivity contribution < 1.29 is 0 Å². The summed E-state index contributed by atoms with van der Waals surface area (Å²) in [5.74, 6) is 0.627. The second-order valence-electron chi connectivity index (χ2n) is 3.46. The van der Waals surface area contributed by atoms with Crippen molar-refractivity contribution in [2.24, 2.45) is 11.7 Å². The molecule has 5 heteroatoms. The van der Waals surface area contributed by atoms with E-state index in [9.17, 15) is 0 Å². The number of anilines is 1. The average molecular weight is 198 g/mol. The van der Waals surface area contributed by atoms with Crippen LogP contribution in [0.2, 0.25) is 0 Å². The van der Waals surface area contributed by atoms with Crippen LogP contribution in [0.5, 0.6) is 0 Å².